The first-order chi connectivity index (χ1) is 9.65. The van der Waals surface area contributed by atoms with E-state index in [0.717, 1.165) is 5.56 Å². The van der Waals surface area contributed by atoms with Crippen LogP contribution in [0.25, 0.3) is 0 Å². The molecule has 0 aliphatic heterocycles. The molecule has 5 heteroatoms. The van der Waals surface area contributed by atoms with Crippen LogP contribution in [0, 0.1) is 0 Å². The molecule has 0 spiro atoms. The van der Waals surface area contributed by atoms with Crippen LogP contribution in [-0.4, -0.2) is 25.0 Å². The molecule has 0 atom stereocenters. The van der Waals surface area contributed by atoms with Crippen molar-refractivity contribution in [3.05, 3.63) is 52.8 Å². The molecule has 0 N–H and O–H groups in total. The lowest BCUT2D eigenvalue weighted by Crippen LogP contribution is -2.05. The number of hydrogen-bond donors (Lipinski definition) is 0. The van der Waals surface area contributed by atoms with Gasteiger partial charge in [-0.1, -0.05) is 11.6 Å². The fraction of sp³-hybridized carbons (Fsp3) is 0.200. The minimum absolute atomic E-state index is 0.0425. The lowest BCUT2D eigenvalue weighted by Gasteiger charge is -2.09. The Hall–Kier alpha value is -2.07. The topological polar surface area (TPSA) is 48.4 Å². The number of carbonyl (C=O) groups excluding carboxylic acids is 1. The molecule has 0 radical (unpaired) electrons. The fourth-order valence-electron chi connectivity index (χ4n) is 1.83. The van der Waals surface area contributed by atoms with E-state index in [-0.39, 0.29) is 12.2 Å². The average Bonchev–Trinajstić information content (AvgIpc) is 2.48. The number of halogens is 1. The summed E-state index contributed by atoms with van der Waals surface area (Å²) in [5.41, 5.74) is 1.30. The van der Waals surface area contributed by atoms with Crippen molar-refractivity contribution < 1.29 is 14.3 Å². The smallest absolute Gasteiger partial charge is 0.167 e. The number of benzene rings is 1. The van der Waals surface area contributed by atoms with Crippen LogP contribution in [0.4, 0.5) is 0 Å². The van der Waals surface area contributed by atoms with E-state index in [0.29, 0.717) is 22.1 Å². The quantitative estimate of drug-likeness (QED) is 0.794. The van der Waals surface area contributed by atoms with E-state index in [1.807, 2.05) is 0 Å². The molecule has 0 aliphatic carbocycles. The van der Waals surface area contributed by atoms with Gasteiger partial charge in [-0.2, -0.15) is 0 Å². The molecule has 4 nitrogen and oxygen atoms in total. The second-order valence-corrected chi connectivity index (χ2v) is 4.54. The van der Waals surface area contributed by atoms with E-state index in [1.165, 1.54) is 13.3 Å². The summed E-state index contributed by atoms with van der Waals surface area (Å²) in [5, 5.41) is 0.487. The number of ether oxygens (including phenoxy) is 2. The van der Waals surface area contributed by atoms with Crippen molar-refractivity contribution in [2.24, 2.45) is 0 Å². The maximum Gasteiger partial charge on any atom is 0.167 e. The number of aromatic nitrogens is 1. The molecule has 0 fully saturated rings. The van der Waals surface area contributed by atoms with E-state index >= 15 is 0 Å². The third kappa shape index (κ3) is 3.08. The first-order valence-corrected chi connectivity index (χ1v) is 6.37. The highest BCUT2D eigenvalue weighted by Gasteiger charge is 2.12. The van der Waals surface area contributed by atoms with Crippen LogP contribution in [0.5, 0.6) is 11.5 Å². The van der Waals surface area contributed by atoms with Crippen LogP contribution in [-0.2, 0) is 6.42 Å². The maximum atomic E-state index is 12.3. The molecule has 0 saturated carbocycles. The molecule has 0 bridgehead atoms. The van der Waals surface area contributed by atoms with Crippen LogP contribution < -0.4 is 9.47 Å². The maximum absolute atomic E-state index is 12.3. The van der Waals surface area contributed by atoms with Gasteiger partial charge in [0.15, 0.2) is 17.3 Å². The van der Waals surface area contributed by atoms with E-state index < -0.39 is 0 Å². The van der Waals surface area contributed by atoms with Gasteiger partial charge in [-0.05, 0) is 29.8 Å². The minimum Gasteiger partial charge on any atom is -0.493 e. The Morgan fingerprint density at radius 2 is 1.95 bits per heavy atom. The SMILES string of the molecule is COc1ccc(C(=O)Cc2ccncc2Cl)cc1OC. The number of pyridine rings is 1. The number of hydrogen-bond acceptors (Lipinski definition) is 4. The van der Waals surface area contributed by atoms with Gasteiger partial charge in [-0.3, -0.25) is 9.78 Å². The van der Waals surface area contributed by atoms with Gasteiger partial charge in [0, 0.05) is 24.4 Å². The molecule has 0 unspecified atom stereocenters. The first-order valence-electron chi connectivity index (χ1n) is 5.99. The monoisotopic (exact) mass is 291 g/mol. The largest absolute Gasteiger partial charge is 0.493 e. The van der Waals surface area contributed by atoms with E-state index in [9.17, 15) is 4.79 Å². The van der Waals surface area contributed by atoms with Gasteiger partial charge in [0.05, 0.1) is 19.2 Å². The van der Waals surface area contributed by atoms with E-state index in [2.05, 4.69) is 4.98 Å². The van der Waals surface area contributed by atoms with Gasteiger partial charge in [-0.15, -0.1) is 0 Å². The normalized spacial score (nSPS) is 10.2. The molecule has 1 heterocycles. The predicted octanol–water partition coefficient (Wildman–Crippen LogP) is 3.18. The molecule has 0 saturated heterocycles. The van der Waals surface area contributed by atoms with Crippen LogP contribution in [0.15, 0.2) is 36.7 Å². The third-order valence-corrected chi connectivity index (χ3v) is 3.25. The van der Waals surface area contributed by atoms with Gasteiger partial charge < -0.3 is 9.47 Å². The Morgan fingerprint density at radius 1 is 1.20 bits per heavy atom. The van der Waals surface area contributed by atoms with E-state index in [1.54, 1.807) is 37.6 Å². The van der Waals surface area contributed by atoms with Crippen molar-refractivity contribution in [2.45, 2.75) is 6.42 Å². The summed E-state index contributed by atoms with van der Waals surface area (Å²) < 4.78 is 10.3. The molecular formula is C15H14ClNO3. The fourth-order valence-corrected chi connectivity index (χ4v) is 2.02. The number of rotatable bonds is 5. The summed E-state index contributed by atoms with van der Waals surface area (Å²) >= 11 is 6.00. The molecular weight excluding hydrogens is 278 g/mol. The van der Waals surface area contributed by atoms with Crippen LogP contribution in [0.3, 0.4) is 0 Å². The van der Waals surface area contributed by atoms with Gasteiger partial charge in [0.2, 0.25) is 0 Å². The molecule has 1 aromatic heterocycles. The highest BCUT2D eigenvalue weighted by Crippen LogP contribution is 2.28. The Bertz CT molecular complexity index is 628. The second-order valence-electron chi connectivity index (χ2n) is 4.14. The summed E-state index contributed by atoms with van der Waals surface area (Å²) in [6.45, 7) is 0. The summed E-state index contributed by atoms with van der Waals surface area (Å²) in [6.07, 6.45) is 3.36. The molecule has 104 valence electrons. The summed E-state index contributed by atoms with van der Waals surface area (Å²) in [4.78, 5) is 16.2. The van der Waals surface area contributed by atoms with Crippen LogP contribution in [0.2, 0.25) is 5.02 Å². The molecule has 0 aliphatic rings. The van der Waals surface area contributed by atoms with Gasteiger partial charge in [-0.25, -0.2) is 0 Å². The summed E-state index contributed by atoms with van der Waals surface area (Å²) in [7, 11) is 3.09. The first kappa shape index (κ1) is 14.3. The molecule has 2 aromatic rings. The Labute approximate surface area is 122 Å². The molecule has 20 heavy (non-hydrogen) atoms. The summed E-state index contributed by atoms with van der Waals surface area (Å²) in [5.74, 6) is 1.07. The number of ketones is 1. The van der Waals surface area contributed by atoms with Crippen molar-refractivity contribution in [3.8, 4) is 11.5 Å². The Balaban J connectivity index is 2.24. The highest BCUT2D eigenvalue weighted by atomic mass is 35.5. The van der Waals surface area contributed by atoms with Gasteiger partial charge in [0.1, 0.15) is 0 Å². The number of methoxy groups -OCH3 is 2. The Kier molecular flexibility index (Phi) is 4.58. The second kappa shape index (κ2) is 6.39. The lowest BCUT2D eigenvalue weighted by molar-refractivity contribution is 0.0992. The summed E-state index contributed by atoms with van der Waals surface area (Å²) in [6, 6.07) is 6.82. The molecule has 1 aromatic carbocycles. The zero-order valence-electron chi connectivity index (χ0n) is 11.2. The van der Waals surface area contributed by atoms with Gasteiger partial charge in [0.25, 0.3) is 0 Å². The minimum atomic E-state index is -0.0425. The lowest BCUT2D eigenvalue weighted by atomic mass is 10.0. The van der Waals surface area contributed by atoms with Crippen molar-refractivity contribution in [3.63, 3.8) is 0 Å². The van der Waals surface area contributed by atoms with Crippen molar-refractivity contribution >= 4 is 17.4 Å². The van der Waals surface area contributed by atoms with E-state index in [4.69, 9.17) is 21.1 Å². The number of nitrogens with zero attached hydrogens (tertiary/aromatic N) is 1. The Morgan fingerprint density at radius 3 is 2.60 bits per heavy atom. The predicted molar refractivity (Wildman–Crippen MR) is 76.8 cm³/mol. The van der Waals surface area contributed by atoms with Gasteiger partial charge >= 0.3 is 0 Å². The van der Waals surface area contributed by atoms with Crippen LogP contribution in [0.1, 0.15) is 15.9 Å². The molecule has 2 rings (SSSR count). The average molecular weight is 292 g/mol. The highest BCUT2D eigenvalue weighted by molar-refractivity contribution is 6.31. The van der Waals surface area contributed by atoms with Crippen LogP contribution >= 0.6 is 11.6 Å². The standard InChI is InChI=1S/C15H14ClNO3/c1-19-14-4-3-11(8-15(14)20-2)13(18)7-10-5-6-17-9-12(10)16/h3-6,8-9H,7H2,1-2H3. The van der Waals surface area contributed by atoms with Crippen molar-refractivity contribution in [2.75, 3.05) is 14.2 Å². The third-order valence-electron chi connectivity index (χ3n) is 2.91. The number of Topliss-reactive ketones (excluding diaryl/α,β-unsaturated/α-hetero) is 1. The zero-order valence-corrected chi connectivity index (χ0v) is 12.0. The molecule has 0 amide bonds. The number of carbonyl (C=O) groups is 1. The van der Waals surface area contributed by atoms with Crippen molar-refractivity contribution in [1.29, 1.82) is 0 Å². The zero-order chi connectivity index (χ0) is 14.5. The van der Waals surface area contributed by atoms with Crippen molar-refractivity contribution in [1.82, 2.24) is 4.98 Å².